The average molecular weight is 403 g/mol. The SMILES string of the molecule is Cc1nn(-c2ccccc2)c(C)c1CN1CCC(c2nc3ccccc3s2)CC1. The number of benzene rings is 2. The molecule has 0 bridgehead atoms. The van der Waals surface area contributed by atoms with Crippen LogP contribution in [0.3, 0.4) is 0 Å². The van der Waals surface area contributed by atoms with E-state index in [4.69, 9.17) is 10.1 Å². The first kappa shape index (κ1) is 18.5. The van der Waals surface area contributed by atoms with Gasteiger partial charge in [0.05, 0.1) is 26.6 Å². The second kappa shape index (κ2) is 7.73. The summed E-state index contributed by atoms with van der Waals surface area (Å²) in [5, 5.41) is 6.13. The number of aryl methyl sites for hydroxylation is 1. The number of hydrogen-bond acceptors (Lipinski definition) is 4. The Morgan fingerprint density at radius 3 is 2.45 bits per heavy atom. The maximum atomic E-state index is 4.90. The first-order chi connectivity index (χ1) is 14.2. The van der Waals surface area contributed by atoms with Crippen molar-refractivity contribution in [2.45, 2.75) is 39.2 Å². The van der Waals surface area contributed by atoms with Gasteiger partial charge in [0, 0.05) is 23.7 Å². The first-order valence-corrected chi connectivity index (χ1v) is 11.2. The minimum absolute atomic E-state index is 0.595. The number of fused-ring (bicyclic) bond motifs is 1. The molecule has 1 aliphatic heterocycles. The van der Waals surface area contributed by atoms with Crippen LogP contribution < -0.4 is 0 Å². The van der Waals surface area contributed by atoms with Crippen LogP contribution >= 0.6 is 11.3 Å². The largest absolute Gasteiger partial charge is 0.299 e. The Kier molecular flexibility index (Phi) is 4.94. The molecule has 0 atom stereocenters. The highest BCUT2D eigenvalue weighted by atomic mass is 32.1. The van der Waals surface area contributed by atoms with Gasteiger partial charge in [-0.05, 0) is 64.0 Å². The predicted octanol–water partition coefficient (Wildman–Crippen LogP) is 5.48. The summed E-state index contributed by atoms with van der Waals surface area (Å²) in [7, 11) is 0. The lowest BCUT2D eigenvalue weighted by molar-refractivity contribution is 0.204. The van der Waals surface area contributed by atoms with Crippen molar-refractivity contribution < 1.29 is 0 Å². The fourth-order valence-electron chi connectivity index (χ4n) is 4.35. The molecule has 4 aromatic rings. The van der Waals surface area contributed by atoms with E-state index in [1.165, 1.54) is 33.8 Å². The molecule has 0 radical (unpaired) electrons. The minimum Gasteiger partial charge on any atom is -0.299 e. The number of piperidine rings is 1. The summed E-state index contributed by atoms with van der Waals surface area (Å²) in [6, 6.07) is 18.9. The van der Waals surface area contributed by atoms with Crippen molar-refractivity contribution in [1.82, 2.24) is 19.7 Å². The molecule has 0 spiro atoms. The van der Waals surface area contributed by atoms with Crippen LogP contribution in [0.4, 0.5) is 0 Å². The molecule has 5 rings (SSSR count). The number of aromatic nitrogens is 3. The zero-order valence-electron chi connectivity index (χ0n) is 17.0. The Morgan fingerprint density at radius 1 is 0.966 bits per heavy atom. The molecule has 4 nitrogen and oxygen atoms in total. The zero-order valence-corrected chi connectivity index (χ0v) is 17.8. The molecule has 0 aliphatic carbocycles. The fourth-order valence-corrected chi connectivity index (χ4v) is 5.49. The first-order valence-electron chi connectivity index (χ1n) is 10.4. The van der Waals surface area contributed by atoms with E-state index in [-0.39, 0.29) is 0 Å². The molecule has 1 fully saturated rings. The van der Waals surface area contributed by atoms with Crippen LogP contribution in [-0.2, 0) is 6.54 Å². The van der Waals surface area contributed by atoms with E-state index in [0.29, 0.717) is 5.92 Å². The molecule has 0 N–H and O–H groups in total. The van der Waals surface area contributed by atoms with Crippen LogP contribution in [0, 0.1) is 13.8 Å². The van der Waals surface area contributed by atoms with Crippen LogP contribution in [-0.4, -0.2) is 32.8 Å². The van der Waals surface area contributed by atoms with Gasteiger partial charge in [-0.15, -0.1) is 11.3 Å². The van der Waals surface area contributed by atoms with Gasteiger partial charge in [-0.25, -0.2) is 9.67 Å². The Balaban J connectivity index is 1.28. The van der Waals surface area contributed by atoms with E-state index in [9.17, 15) is 0 Å². The molecule has 3 heterocycles. The van der Waals surface area contributed by atoms with E-state index in [2.05, 4.69) is 72.0 Å². The van der Waals surface area contributed by atoms with Gasteiger partial charge in [0.15, 0.2) is 0 Å². The molecule has 0 saturated carbocycles. The molecular weight excluding hydrogens is 376 g/mol. The van der Waals surface area contributed by atoms with Crippen molar-refractivity contribution in [3.63, 3.8) is 0 Å². The van der Waals surface area contributed by atoms with Gasteiger partial charge in [-0.1, -0.05) is 30.3 Å². The number of para-hydroxylation sites is 2. The highest BCUT2D eigenvalue weighted by molar-refractivity contribution is 7.18. The van der Waals surface area contributed by atoms with Crippen LogP contribution in [0.1, 0.15) is 40.7 Å². The molecular formula is C24H26N4S. The summed E-state index contributed by atoms with van der Waals surface area (Å²) in [6.45, 7) is 7.55. The third kappa shape index (κ3) is 3.61. The van der Waals surface area contributed by atoms with Gasteiger partial charge in [0.25, 0.3) is 0 Å². The maximum absolute atomic E-state index is 4.90. The van der Waals surface area contributed by atoms with Crippen LogP contribution in [0.5, 0.6) is 0 Å². The number of likely N-dealkylation sites (tertiary alicyclic amines) is 1. The minimum atomic E-state index is 0.595. The smallest absolute Gasteiger partial charge is 0.0970 e. The topological polar surface area (TPSA) is 34.0 Å². The third-order valence-electron chi connectivity index (χ3n) is 6.07. The van der Waals surface area contributed by atoms with Gasteiger partial charge in [0.1, 0.15) is 0 Å². The Morgan fingerprint density at radius 2 is 1.69 bits per heavy atom. The highest BCUT2D eigenvalue weighted by Crippen LogP contribution is 2.34. The quantitative estimate of drug-likeness (QED) is 0.453. The maximum Gasteiger partial charge on any atom is 0.0970 e. The fraction of sp³-hybridized carbons (Fsp3) is 0.333. The molecule has 29 heavy (non-hydrogen) atoms. The Labute approximate surface area is 175 Å². The number of nitrogens with zero attached hydrogens (tertiary/aromatic N) is 4. The molecule has 0 amide bonds. The van der Waals surface area contributed by atoms with E-state index < -0.39 is 0 Å². The predicted molar refractivity (Wildman–Crippen MR) is 120 cm³/mol. The molecule has 1 saturated heterocycles. The molecule has 5 heteroatoms. The van der Waals surface area contributed by atoms with E-state index in [1.54, 1.807) is 0 Å². The monoisotopic (exact) mass is 402 g/mol. The van der Waals surface area contributed by atoms with Crippen molar-refractivity contribution >= 4 is 21.6 Å². The molecule has 148 valence electrons. The molecule has 1 aliphatic rings. The lowest BCUT2D eigenvalue weighted by Gasteiger charge is -2.31. The number of thiazole rings is 1. The van der Waals surface area contributed by atoms with Crippen molar-refractivity contribution in [3.05, 3.63) is 76.6 Å². The van der Waals surface area contributed by atoms with Gasteiger partial charge in [-0.2, -0.15) is 5.10 Å². The zero-order chi connectivity index (χ0) is 19.8. The summed E-state index contributed by atoms with van der Waals surface area (Å²) >= 11 is 1.87. The van der Waals surface area contributed by atoms with Crippen LogP contribution in [0.25, 0.3) is 15.9 Å². The Hall–Kier alpha value is -2.50. The van der Waals surface area contributed by atoms with Gasteiger partial charge in [-0.3, -0.25) is 4.90 Å². The van der Waals surface area contributed by atoms with Gasteiger partial charge in [0.2, 0.25) is 0 Å². The summed E-state index contributed by atoms with van der Waals surface area (Å²) in [6.07, 6.45) is 2.37. The summed E-state index contributed by atoms with van der Waals surface area (Å²) < 4.78 is 3.39. The summed E-state index contributed by atoms with van der Waals surface area (Å²) in [5.41, 5.74) is 6.04. The second-order valence-electron chi connectivity index (χ2n) is 7.97. The van der Waals surface area contributed by atoms with Crippen LogP contribution in [0.2, 0.25) is 0 Å². The van der Waals surface area contributed by atoms with Gasteiger partial charge < -0.3 is 0 Å². The lowest BCUT2D eigenvalue weighted by Crippen LogP contribution is -2.32. The Bertz CT molecular complexity index is 1090. The van der Waals surface area contributed by atoms with Gasteiger partial charge >= 0.3 is 0 Å². The summed E-state index contributed by atoms with van der Waals surface area (Å²) in [5.74, 6) is 0.595. The van der Waals surface area contributed by atoms with Crippen molar-refractivity contribution in [2.75, 3.05) is 13.1 Å². The molecule has 2 aromatic heterocycles. The third-order valence-corrected chi connectivity index (χ3v) is 7.27. The average Bonchev–Trinajstić information content (AvgIpc) is 3.31. The second-order valence-corrected chi connectivity index (χ2v) is 9.03. The van der Waals surface area contributed by atoms with Crippen LogP contribution in [0.15, 0.2) is 54.6 Å². The lowest BCUT2D eigenvalue weighted by atomic mass is 9.97. The van der Waals surface area contributed by atoms with E-state index >= 15 is 0 Å². The molecule has 0 unspecified atom stereocenters. The number of rotatable bonds is 4. The van der Waals surface area contributed by atoms with Crippen molar-refractivity contribution in [2.24, 2.45) is 0 Å². The van der Waals surface area contributed by atoms with E-state index in [1.807, 2.05) is 17.4 Å². The van der Waals surface area contributed by atoms with Crippen molar-refractivity contribution in [1.29, 1.82) is 0 Å². The summed E-state index contributed by atoms with van der Waals surface area (Å²) in [4.78, 5) is 7.48. The highest BCUT2D eigenvalue weighted by Gasteiger charge is 2.25. The number of hydrogen-bond donors (Lipinski definition) is 0. The normalized spacial score (nSPS) is 15.9. The van der Waals surface area contributed by atoms with E-state index in [0.717, 1.165) is 36.5 Å². The molecule has 2 aromatic carbocycles. The standard InChI is InChI=1S/C24H26N4S/c1-17-21(18(2)28(26-17)20-8-4-3-5-9-20)16-27-14-12-19(13-15-27)24-25-22-10-6-7-11-23(22)29-24/h3-11,19H,12-16H2,1-2H3. The van der Waals surface area contributed by atoms with Crippen molar-refractivity contribution in [3.8, 4) is 5.69 Å².